The molecule has 3 aromatic rings. The lowest BCUT2D eigenvalue weighted by Gasteiger charge is -2.14. The Morgan fingerprint density at radius 3 is 2.46 bits per heavy atom. The first kappa shape index (κ1) is 17.7. The van der Waals surface area contributed by atoms with Gasteiger partial charge in [-0.1, -0.05) is 36.4 Å². The first-order valence-corrected chi connectivity index (χ1v) is 7.94. The van der Waals surface area contributed by atoms with E-state index in [1.54, 1.807) is 24.4 Å². The largest absolute Gasteiger partial charge is 0.405 e. The van der Waals surface area contributed by atoms with Gasteiger partial charge in [0.05, 0.1) is 23.3 Å². The van der Waals surface area contributed by atoms with Crippen molar-refractivity contribution in [3.8, 4) is 0 Å². The van der Waals surface area contributed by atoms with Crippen LogP contribution in [0, 0.1) is 0 Å². The standard InChI is InChI=1S/C19H16F3N3O/c20-19(21,22)12-24-15-8-1-2-9-16(15)25-17(26)11-14-6-3-5-13-7-4-10-23-18(13)14/h1-10,24H,11-12H2,(H,25,26). The van der Waals surface area contributed by atoms with Crippen molar-refractivity contribution in [2.45, 2.75) is 12.6 Å². The number of anilines is 2. The summed E-state index contributed by atoms with van der Waals surface area (Å²) < 4.78 is 37.2. The number of carbonyl (C=O) groups is 1. The monoisotopic (exact) mass is 359 g/mol. The summed E-state index contributed by atoms with van der Waals surface area (Å²) in [6.45, 7) is -1.17. The Bertz CT molecular complexity index is 920. The van der Waals surface area contributed by atoms with Gasteiger partial charge in [-0.15, -0.1) is 0 Å². The van der Waals surface area contributed by atoms with Crippen LogP contribution in [0.5, 0.6) is 0 Å². The molecule has 0 unspecified atom stereocenters. The maximum absolute atomic E-state index is 12.4. The first-order chi connectivity index (χ1) is 12.4. The molecule has 0 aliphatic heterocycles. The number of hydrogen-bond donors (Lipinski definition) is 2. The molecule has 26 heavy (non-hydrogen) atoms. The summed E-state index contributed by atoms with van der Waals surface area (Å²) in [7, 11) is 0. The molecule has 0 radical (unpaired) electrons. The minimum Gasteiger partial charge on any atom is -0.375 e. The topological polar surface area (TPSA) is 54.0 Å². The number of rotatable bonds is 5. The molecule has 7 heteroatoms. The van der Waals surface area contributed by atoms with Crippen LogP contribution in [0.3, 0.4) is 0 Å². The third-order valence-corrected chi connectivity index (χ3v) is 3.75. The number of nitrogens with zero attached hydrogens (tertiary/aromatic N) is 1. The van der Waals surface area contributed by atoms with Crippen LogP contribution in [0.4, 0.5) is 24.5 Å². The number of amides is 1. The summed E-state index contributed by atoms with van der Waals surface area (Å²) in [4.78, 5) is 16.7. The number of fused-ring (bicyclic) bond motifs is 1. The molecule has 3 rings (SSSR count). The lowest BCUT2D eigenvalue weighted by atomic mass is 10.1. The van der Waals surface area contributed by atoms with Gasteiger partial charge in [-0.3, -0.25) is 9.78 Å². The van der Waals surface area contributed by atoms with Gasteiger partial charge < -0.3 is 10.6 Å². The van der Waals surface area contributed by atoms with Gasteiger partial charge in [0.15, 0.2) is 0 Å². The summed E-state index contributed by atoms with van der Waals surface area (Å²) in [6.07, 6.45) is -2.62. The van der Waals surface area contributed by atoms with Crippen LogP contribution in [0.15, 0.2) is 60.8 Å². The molecule has 0 spiro atoms. The molecule has 2 aromatic carbocycles. The molecule has 0 bridgehead atoms. The minimum absolute atomic E-state index is 0.0714. The van der Waals surface area contributed by atoms with Gasteiger partial charge in [0.25, 0.3) is 0 Å². The number of alkyl halides is 3. The number of hydrogen-bond acceptors (Lipinski definition) is 3. The van der Waals surface area contributed by atoms with Crippen LogP contribution in [0.2, 0.25) is 0 Å². The highest BCUT2D eigenvalue weighted by atomic mass is 19.4. The Morgan fingerprint density at radius 1 is 0.962 bits per heavy atom. The Labute approximate surface area is 148 Å². The van der Waals surface area contributed by atoms with Gasteiger partial charge in [0, 0.05) is 11.6 Å². The molecular weight excluding hydrogens is 343 g/mol. The number of para-hydroxylation sites is 3. The van der Waals surface area contributed by atoms with E-state index in [9.17, 15) is 18.0 Å². The van der Waals surface area contributed by atoms with Crippen molar-refractivity contribution in [1.29, 1.82) is 0 Å². The zero-order valence-corrected chi connectivity index (χ0v) is 13.7. The highest BCUT2D eigenvalue weighted by molar-refractivity contribution is 5.97. The van der Waals surface area contributed by atoms with Crippen LogP contribution in [0.1, 0.15) is 5.56 Å². The van der Waals surface area contributed by atoms with Crippen LogP contribution >= 0.6 is 0 Å². The van der Waals surface area contributed by atoms with Crippen LogP contribution in [-0.2, 0) is 11.2 Å². The summed E-state index contributed by atoms with van der Waals surface area (Å²) >= 11 is 0. The molecule has 0 fully saturated rings. The second-order valence-electron chi connectivity index (χ2n) is 5.73. The number of benzene rings is 2. The lowest BCUT2D eigenvalue weighted by molar-refractivity contribution is -0.116. The number of carbonyl (C=O) groups excluding carboxylic acids is 1. The normalized spacial score (nSPS) is 11.3. The zero-order chi connectivity index (χ0) is 18.6. The van der Waals surface area contributed by atoms with E-state index >= 15 is 0 Å². The van der Waals surface area contributed by atoms with E-state index in [1.165, 1.54) is 6.07 Å². The third kappa shape index (κ3) is 4.50. The van der Waals surface area contributed by atoms with Gasteiger partial charge in [0.1, 0.15) is 6.54 Å². The maximum Gasteiger partial charge on any atom is 0.405 e. The molecule has 1 heterocycles. The second kappa shape index (κ2) is 7.43. The van der Waals surface area contributed by atoms with Crippen molar-refractivity contribution < 1.29 is 18.0 Å². The SMILES string of the molecule is O=C(Cc1cccc2cccnc12)Nc1ccccc1NCC(F)(F)F. The quantitative estimate of drug-likeness (QED) is 0.710. The van der Waals surface area contributed by atoms with Gasteiger partial charge in [-0.05, 0) is 23.8 Å². The average Bonchev–Trinajstić information content (AvgIpc) is 2.60. The van der Waals surface area contributed by atoms with E-state index in [0.717, 1.165) is 16.5 Å². The van der Waals surface area contributed by atoms with Gasteiger partial charge >= 0.3 is 6.18 Å². The fourth-order valence-electron chi connectivity index (χ4n) is 2.62. The van der Waals surface area contributed by atoms with Crippen molar-refractivity contribution in [1.82, 2.24) is 4.98 Å². The fourth-order valence-corrected chi connectivity index (χ4v) is 2.62. The molecule has 0 aliphatic rings. The Kier molecular flexibility index (Phi) is 5.06. The predicted octanol–water partition coefficient (Wildman–Crippen LogP) is 4.39. The minimum atomic E-state index is -4.34. The summed E-state index contributed by atoms with van der Waals surface area (Å²) in [5.41, 5.74) is 2.00. The third-order valence-electron chi connectivity index (χ3n) is 3.75. The number of pyridine rings is 1. The first-order valence-electron chi connectivity index (χ1n) is 7.94. The molecule has 0 saturated heterocycles. The fraction of sp³-hybridized carbons (Fsp3) is 0.158. The Morgan fingerprint density at radius 2 is 1.69 bits per heavy atom. The summed E-state index contributed by atoms with van der Waals surface area (Å²) in [5, 5.41) is 5.88. The Balaban J connectivity index is 1.74. The van der Waals surface area contributed by atoms with Crippen molar-refractivity contribution in [2.24, 2.45) is 0 Å². The number of halogens is 3. The van der Waals surface area contributed by atoms with Gasteiger partial charge in [-0.25, -0.2) is 0 Å². The number of aromatic nitrogens is 1. The highest BCUT2D eigenvalue weighted by Crippen LogP contribution is 2.24. The van der Waals surface area contributed by atoms with E-state index in [0.29, 0.717) is 5.69 Å². The molecule has 1 aromatic heterocycles. The maximum atomic E-state index is 12.4. The van der Waals surface area contributed by atoms with Gasteiger partial charge in [-0.2, -0.15) is 13.2 Å². The van der Waals surface area contributed by atoms with Crippen molar-refractivity contribution >= 4 is 28.2 Å². The molecule has 4 nitrogen and oxygen atoms in total. The average molecular weight is 359 g/mol. The van der Waals surface area contributed by atoms with Gasteiger partial charge in [0.2, 0.25) is 5.91 Å². The highest BCUT2D eigenvalue weighted by Gasteiger charge is 2.27. The molecule has 2 N–H and O–H groups in total. The van der Waals surface area contributed by atoms with Crippen LogP contribution < -0.4 is 10.6 Å². The van der Waals surface area contributed by atoms with E-state index < -0.39 is 12.7 Å². The van der Waals surface area contributed by atoms with E-state index in [1.807, 2.05) is 30.3 Å². The van der Waals surface area contributed by atoms with Crippen molar-refractivity contribution in [3.05, 3.63) is 66.4 Å². The molecule has 0 saturated carbocycles. The second-order valence-corrected chi connectivity index (χ2v) is 5.73. The molecular formula is C19H16F3N3O. The zero-order valence-electron chi connectivity index (χ0n) is 13.7. The van der Waals surface area contributed by atoms with E-state index in [4.69, 9.17) is 0 Å². The molecule has 134 valence electrons. The van der Waals surface area contributed by atoms with E-state index in [-0.39, 0.29) is 18.0 Å². The van der Waals surface area contributed by atoms with E-state index in [2.05, 4.69) is 15.6 Å². The molecule has 0 aliphatic carbocycles. The van der Waals surface area contributed by atoms with Crippen LogP contribution in [-0.4, -0.2) is 23.6 Å². The van der Waals surface area contributed by atoms with Crippen molar-refractivity contribution in [3.63, 3.8) is 0 Å². The van der Waals surface area contributed by atoms with Crippen molar-refractivity contribution in [2.75, 3.05) is 17.2 Å². The lowest BCUT2D eigenvalue weighted by Crippen LogP contribution is -2.22. The predicted molar refractivity (Wildman–Crippen MR) is 95.1 cm³/mol. The molecule has 1 amide bonds. The van der Waals surface area contributed by atoms with Crippen LogP contribution in [0.25, 0.3) is 10.9 Å². The molecule has 0 atom stereocenters. The number of nitrogens with one attached hydrogen (secondary N) is 2. The Hall–Kier alpha value is -3.09. The summed E-state index contributed by atoms with van der Waals surface area (Å²) in [6, 6.07) is 15.6. The smallest absolute Gasteiger partial charge is 0.375 e. The summed E-state index contributed by atoms with van der Waals surface area (Å²) in [5.74, 6) is -0.329.